The Hall–Kier alpha value is -1.03. The van der Waals surface area contributed by atoms with Crippen LogP contribution in [0.4, 0.5) is 11.8 Å². The molecule has 1 aromatic heterocycles. The molecule has 0 saturated heterocycles. The molecule has 0 atom stereocenters. The molecule has 5 heteroatoms. The molecule has 2 N–H and O–H groups in total. The molecule has 0 unspecified atom stereocenters. The molecule has 1 heterocycles. The third kappa shape index (κ3) is 3.50. The summed E-state index contributed by atoms with van der Waals surface area (Å²) in [6.45, 7) is 6.20. The van der Waals surface area contributed by atoms with Crippen molar-refractivity contribution >= 4 is 23.4 Å². The molecule has 0 radical (unpaired) electrons. The van der Waals surface area contributed by atoms with Gasteiger partial charge in [-0.15, -0.1) is 0 Å². The van der Waals surface area contributed by atoms with Crippen molar-refractivity contribution in [1.82, 2.24) is 9.97 Å². The summed E-state index contributed by atoms with van der Waals surface area (Å²) in [7, 11) is 0. The number of anilines is 2. The fraction of sp³-hybridized carbons (Fsp3) is 0.714. The predicted octanol–water partition coefficient (Wildman–Crippen LogP) is 3.94. The first kappa shape index (κ1) is 14.4. The minimum atomic E-state index is 0.450. The minimum Gasteiger partial charge on any atom is -0.368 e. The Balaban J connectivity index is 1.98. The first-order valence-electron chi connectivity index (χ1n) is 7.19. The Kier molecular flexibility index (Phi) is 4.86. The van der Waals surface area contributed by atoms with Gasteiger partial charge in [0, 0.05) is 13.1 Å². The molecule has 1 aliphatic rings. The van der Waals surface area contributed by atoms with Gasteiger partial charge in [-0.1, -0.05) is 31.9 Å². The molecule has 0 bridgehead atoms. The van der Waals surface area contributed by atoms with Crippen molar-refractivity contribution in [3.05, 3.63) is 11.2 Å². The average molecular weight is 283 g/mol. The van der Waals surface area contributed by atoms with Gasteiger partial charge in [0.25, 0.3) is 0 Å². The molecule has 1 aliphatic carbocycles. The molecular formula is C14H23ClN4. The van der Waals surface area contributed by atoms with E-state index >= 15 is 0 Å². The van der Waals surface area contributed by atoms with Gasteiger partial charge in [0.2, 0.25) is 5.95 Å². The number of halogens is 1. The summed E-state index contributed by atoms with van der Waals surface area (Å²) in [6.07, 6.45) is 7.88. The predicted molar refractivity (Wildman–Crippen MR) is 80.9 cm³/mol. The molecule has 0 spiro atoms. The topological polar surface area (TPSA) is 49.8 Å². The summed E-state index contributed by atoms with van der Waals surface area (Å²) in [5, 5.41) is 7.17. The highest BCUT2D eigenvalue weighted by Gasteiger charge is 2.34. The third-order valence-electron chi connectivity index (χ3n) is 4.07. The Morgan fingerprint density at radius 3 is 2.68 bits per heavy atom. The van der Waals surface area contributed by atoms with Crippen molar-refractivity contribution in [3.8, 4) is 0 Å². The standard InChI is InChI=1S/C14H23ClN4/c1-3-8-16-13-17-9-11(15)12(19-13)18-10-14(4-2)6-5-7-14/h9H,3-8,10H2,1-2H3,(H2,16,17,18,19). The van der Waals surface area contributed by atoms with Crippen LogP contribution in [0.25, 0.3) is 0 Å². The number of hydrogen-bond donors (Lipinski definition) is 2. The zero-order chi connectivity index (χ0) is 13.7. The van der Waals surface area contributed by atoms with E-state index in [-0.39, 0.29) is 0 Å². The van der Waals surface area contributed by atoms with Gasteiger partial charge >= 0.3 is 0 Å². The maximum absolute atomic E-state index is 6.15. The SMILES string of the molecule is CCCNc1ncc(Cl)c(NCC2(CC)CCC2)n1. The molecule has 1 fully saturated rings. The highest BCUT2D eigenvalue weighted by molar-refractivity contribution is 6.32. The molecular weight excluding hydrogens is 260 g/mol. The van der Waals surface area contributed by atoms with Crippen LogP contribution in [0.3, 0.4) is 0 Å². The third-order valence-corrected chi connectivity index (χ3v) is 4.35. The Labute approximate surface area is 120 Å². The second-order valence-corrected chi connectivity index (χ2v) is 5.78. The number of nitrogens with zero attached hydrogens (tertiary/aromatic N) is 2. The van der Waals surface area contributed by atoms with Crippen LogP contribution < -0.4 is 10.6 Å². The van der Waals surface area contributed by atoms with Crippen LogP contribution in [0.5, 0.6) is 0 Å². The van der Waals surface area contributed by atoms with Crippen LogP contribution in [-0.2, 0) is 0 Å². The lowest BCUT2D eigenvalue weighted by Gasteiger charge is -2.41. The normalized spacial score (nSPS) is 16.8. The number of hydrogen-bond acceptors (Lipinski definition) is 4. The Bertz CT molecular complexity index is 412. The quantitative estimate of drug-likeness (QED) is 0.795. The fourth-order valence-electron chi connectivity index (χ4n) is 2.42. The molecule has 2 rings (SSSR count). The number of nitrogens with one attached hydrogen (secondary N) is 2. The molecule has 4 nitrogen and oxygen atoms in total. The molecule has 0 aliphatic heterocycles. The molecule has 1 saturated carbocycles. The lowest BCUT2D eigenvalue weighted by molar-refractivity contribution is 0.145. The van der Waals surface area contributed by atoms with Gasteiger partial charge in [0.1, 0.15) is 5.02 Å². The minimum absolute atomic E-state index is 0.450. The zero-order valence-corrected chi connectivity index (χ0v) is 12.6. The van der Waals surface area contributed by atoms with E-state index in [1.807, 2.05) is 0 Å². The monoisotopic (exact) mass is 282 g/mol. The zero-order valence-electron chi connectivity index (χ0n) is 11.8. The van der Waals surface area contributed by atoms with Crippen molar-refractivity contribution < 1.29 is 0 Å². The fourth-order valence-corrected chi connectivity index (χ4v) is 2.57. The van der Waals surface area contributed by atoms with E-state index in [0.717, 1.165) is 25.3 Å². The molecule has 106 valence electrons. The summed E-state index contributed by atoms with van der Waals surface area (Å²) in [4.78, 5) is 8.62. The van der Waals surface area contributed by atoms with Gasteiger partial charge in [-0.3, -0.25) is 0 Å². The second-order valence-electron chi connectivity index (χ2n) is 5.38. The van der Waals surface area contributed by atoms with Crippen molar-refractivity contribution in [2.45, 2.75) is 46.0 Å². The summed E-state index contributed by atoms with van der Waals surface area (Å²) in [5.41, 5.74) is 0.450. The molecule has 19 heavy (non-hydrogen) atoms. The molecule has 1 aromatic rings. The van der Waals surface area contributed by atoms with Gasteiger partial charge < -0.3 is 10.6 Å². The molecule has 0 aromatic carbocycles. The van der Waals surface area contributed by atoms with E-state index in [4.69, 9.17) is 11.6 Å². The summed E-state index contributed by atoms with van der Waals surface area (Å²) in [6, 6.07) is 0. The highest BCUT2D eigenvalue weighted by Crippen LogP contribution is 2.43. The van der Waals surface area contributed by atoms with Crippen molar-refractivity contribution in [2.24, 2.45) is 5.41 Å². The Morgan fingerprint density at radius 2 is 2.11 bits per heavy atom. The maximum atomic E-state index is 6.15. The first-order chi connectivity index (χ1) is 9.19. The van der Waals surface area contributed by atoms with E-state index in [0.29, 0.717) is 16.4 Å². The van der Waals surface area contributed by atoms with E-state index in [2.05, 4.69) is 34.4 Å². The first-order valence-corrected chi connectivity index (χ1v) is 7.57. The van der Waals surface area contributed by atoms with Gasteiger partial charge in [-0.2, -0.15) is 4.98 Å². The Morgan fingerprint density at radius 1 is 1.32 bits per heavy atom. The van der Waals surface area contributed by atoms with E-state index in [1.54, 1.807) is 6.20 Å². The van der Waals surface area contributed by atoms with Crippen LogP contribution in [0.1, 0.15) is 46.0 Å². The number of aromatic nitrogens is 2. The van der Waals surface area contributed by atoms with Gasteiger partial charge in [0.05, 0.1) is 6.20 Å². The largest absolute Gasteiger partial charge is 0.368 e. The lowest BCUT2D eigenvalue weighted by atomic mass is 9.67. The van der Waals surface area contributed by atoms with E-state index in [9.17, 15) is 0 Å². The molecule has 0 amide bonds. The van der Waals surface area contributed by atoms with Gasteiger partial charge in [-0.05, 0) is 31.1 Å². The van der Waals surface area contributed by atoms with E-state index < -0.39 is 0 Å². The van der Waals surface area contributed by atoms with Gasteiger partial charge in [-0.25, -0.2) is 4.98 Å². The number of rotatable bonds is 7. The van der Waals surface area contributed by atoms with Crippen LogP contribution in [0.15, 0.2) is 6.20 Å². The summed E-state index contributed by atoms with van der Waals surface area (Å²) in [5.74, 6) is 1.39. The van der Waals surface area contributed by atoms with Crippen molar-refractivity contribution in [1.29, 1.82) is 0 Å². The van der Waals surface area contributed by atoms with Crippen LogP contribution in [0.2, 0.25) is 5.02 Å². The van der Waals surface area contributed by atoms with Crippen molar-refractivity contribution in [2.75, 3.05) is 23.7 Å². The summed E-state index contributed by atoms with van der Waals surface area (Å²) >= 11 is 6.15. The van der Waals surface area contributed by atoms with Gasteiger partial charge in [0.15, 0.2) is 5.82 Å². The van der Waals surface area contributed by atoms with Crippen LogP contribution >= 0.6 is 11.6 Å². The highest BCUT2D eigenvalue weighted by atomic mass is 35.5. The smallest absolute Gasteiger partial charge is 0.224 e. The van der Waals surface area contributed by atoms with Crippen LogP contribution in [-0.4, -0.2) is 23.1 Å². The van der Waals surface area contributed by atoms with Crippen LogP contribution in [0, 0.1) is 5.41 Å². The van der Waals surface area contributed by atoms with E-state index in [1.165, 1.54) is 25.7 Å². The second kappa shape index (κ2) is 6.42. The maximum Gasteiger partial charge on any atom is 0.224 e. The summed E-state index contributed by atoms with van der Waals surface area (Å²) < 4.78 is 0. The van der Waals surface area contributed by atoms with Crippen molar-refractivity contribution in [3.63, 3.8) is 0 Å². The lowest BCUT2D eigenvalue weighted by Crippen LogP contribution is -2.36. The average Bonchev–Trinajstić information content (AvgIpc) is 2.38.